The van der Waals surface area contributed by atoms with Crippen LogP contribution in [0.3, 0.4) is 0 Å². The maximum absolute atomic E-state index is 12.8. The van der Waals surface area contributed by atoms with Crippen molar-refractivity contribution in [3.63, 3.8) is 0 Å². The van der Waals surface area contributed by atoms with Crippen LogP contribution < -0.4 is 0 Å². The maximum atomic E-state index is 12.8. The minimum absolute atomic E-state index is 0.0568. The third-order valence-corrected chi connectivity index (χ3v) is 12.7. The molecule has 390 valence electrons. The van der Waals surface area contributed by atoms with Gasteiger partial charge in [0.15, 0.2) is 12.1 Å². The Hall–Kier alpha value is -2.71. The van der Waals surface area contributed by atoms with E-state index in [1.165, 1.54) is 148 Å². The smallest absolute Gasteiger partial charge is 0.362 e. The Balaban J connectivity index is 4.21. The first-order chi connectivity index (χ1) is 32.6. The molecule has 0 bridgehead atoms. The number of hydrogen-bond acceptors (Lipinski definition) is 6. The van der Waals surface area contributed by atoms with Crippen LogP contribution in [0.25, 0.3) is 0 Å². The van der Waals surface area contributed by atoms with Gasteiger partial charge in [0.1, 0.15) is 6.61 Å². The second kappa shape index (κ2) is 49.7. The van der Waals surface area contributed by atoms with E-state index in [1.54, 1.807) is 0 Å². The largest absolute Gasteiger partial charge is 0.477 e. The van der Waals surface area contributed by atoms with Crippen molar-refractivity contribution in [1.29, 1.82) is 0 Å². The van der Waals surface area contributed by atoms with Crippen molar-refractivity contribution in [2.75, 3.05) is 41.0 Å². The van der Waals surface area contributed by atoms with Gasteiger partial charge in [-0.1, -0.05) is 229 Å². The van der Waals surface area contributed by atoms with E-state index in [1.807, 2.05) is 21.1 Å². The van der Waals surface area contributed by atoms with Crippen LogP contribution >= 0.6 is 0 Å². The van der Waals surface area contributed by atoms with Crippen molar-refractivity contribution in [2.24, 2.45) is 0 Å². The number of carbonyl (C=O) groups is 3. The normalized spacial score (nSPS) is 13.1. The number of esters is 2. The van der Waals surface area contributed by atoms with Gasteiger partial charge in [0.2, 0.25) is 0 Å². The quantitative estimate of drug-likeness (QED) is 0.0281. The molecule has 0 saturated heterocycles. The summed E-state index contributed by atoms with van der Waals surface area (Å²) in [7, 11) is 5.54. The first-order valence-corrected chi connectivity index (χ1v) is 28.2. The monoisotopic (exact) mass is 943 g/mol. The Bertz CT molecular complexity index is 1230. The summed E-state index contributed by atoms with van der Waals surface area (Å²) < 4.78 is 17.4. The zero-order valence-electron chi connectivity index (χ0n) is 44.6. The fourth-order valence-corrected chi connectivity index (χ4v) is 8.37. The van der Waals surface area contributed by atoms with Crippen LogP contribution in [0.2, 0.25) is 0 Å². The third-order valence-electron chi connectivity index (χ3n) is 12.7. The fraction of sp³-hybridized carbons (Fsp3) is 0.814. The average molecular weight is 944 g/mol. The molecule has 2 unspecified atom stereocenters. The van der Waals surface area contributed by atoms with Gasteiger partial charge in [-0.25, -0.2) is 4.79 Å². The molecule has 0 radical (unpaired) electrons. The van der Waals surface area contributed by atoms with Crippen LogP contribution in [0.5, 0.6) is 0 Å². The molecular weight excluding hydrogens is 835 g/mol. The van der Waals surface area contributed by atoms with Gasteiger partial charge in [0, 0.05) is 19.3 Å². The average Bonchev–Trinajstić information content (AvgIpc) is 3.29. The number of allylic oxidation sites excluding steroid dienone is 8. The Morgan fingerprint density at radius 2 is 0.791 bits per heavy atom. The molecule has 0 fully saturated rings. The summed E-state index contributed by atoms with van der Waals surface area (Å²) in [4.78, 5) is 37.3. The number of ether oxygens (including phenoxy) is 3. The molecule has 0 aromatic rings. The van der Waals surface area contributed by atoms with Crippen molar-refractivity contribution in [1.82, 2.24) is 0 Å². The molecule has 0 aliphatic rings. The van der Waals surface area contributed by atoms with Crippen LogP contribution in [0.15, 0.2) is 48.6 Å². The fourth-order valence-electron chi connectivity index (χ4n) is 8.37. The number of quaternary nitrogens is 1. The number of hydrogen-bond donors (Lipinski definition) is 1. The molecule has 8 nitrogen and oxygen atoms in total. The number of nitrogens with zero attached hydrogens (tertiary/aromatic N) is 1. The molecule has 2 atom stereocenters. The SMILES string of the molecule is CCCCC/C=C/C/C=C/C/C=C/C/C=C/CCCCCCCC(=O)OCC(COCCC(C(=O)O)[N+](C)(C)C)OC(=O)CCCCCCCCCCCCCCCCCCCCCCCC. The highest BCUT2D eigenvalue weighted by Gasteiger charge is 2.31. The second-order valence-electron chi connectivity index (χ2n) is 20.2. The van der Waals surface area contributed by atoms with Crippen LogP contribution in [-0.4, -0.2) is 80.6 Å². The van der Waals surface area contributed by atoms with Gasteiger partial charge in [-0.2, -0.15) is 0 Å². The van der Waals surface area contributed by atoms with Crippen molar-refractivity contribution >= 4 is 17.9 Å². The lowest BCUT2D eigenvalue weighted by molar-refractivity contribution is -0.887. The summed E-state index contributed by atoms with van der Waals surface area (Å²) in [5, 5.41) is 9.67. The van der Waals surface area contributed by atoms with Gasteiger partial charge >= 0.3 is 17.9 Å². The summed E-state index contributed by atoms with van der Waals surface area (Å²) in [6, 6.07) is -0.618. The minimum Gasteiger partial charge on any atom is -0.477 e. The zero-order valence-corrected chi connectivity index (χ0v) is 44.6. The summed E-state index contributed by atoms with van der Waals surface area (Å²) in [5.41, 5.74) is 0. The summed E-state index contributed by atoms with van der Waals surface area (Å²) >= 11 is 0. The summed E-state index contributed by atoms with van der Waals surface area (Å²) in [6.45, 7) is 4.73. The van der Waals surface area contributed by atoms with Crippen molar-refractivity contribution < 1.29 is 38.2 Å². The van der Waals surface area contributed by atoms with Gasteiger partial charge in [-0.05, 0) is 57.8 Å². The lowest BCUT2D eigenvalue weighted by Crippen LogP contribution is -2.50. The van der Waals surface area contributed by atoms with E-state index in [2.05, 4.69) is 62.5 Å². The predicted molar refractivity (Wildman–Crippen MR) is 284 cm³/mol. The van der Waals surface area contributed by atoms with Gasteiger partial charge in [0.25, 0.3) is 0 Å². The Labute approximate surface area is 414 Å². The Kier molecular flexibility index (Phi) is 47.7. The van der Waals surface area contributed by atoms with Crippen LogP contribution in [0.4, 0.5) is 0 Å². The highest BCUT2D eigenvalue weighted by atomic mass is 16.6. The third kappa shape index (κ3) is 48.1. The Morgan fingerprint density at radius 1 is 0.448 bits per heavy atom. The molecular formula is C59H108NO7+. The molecule has 0 heterocycles. The number of carboxylic acid groups (broad SMARTS) is 1. The van der Waals surface area contributed by atoms with Crippen LogP contribution in [0, 0.1) is 0 Å². The van der Waals surface area contributed by atoms with E-state index >= 15 is 0 Å². The second-order valence-corrected chi connectivity index (χ2v) is 20.2. The van der Waals surface area contributed by atoms with E-state index in [9.17, 15) is 19.5 Å². The van der Waals surface area contributed by atoms with E-state index in [0.29, 0.717) is 19.3 Å². The standard InChI is InChI=1S/C59H107NO7/c1-6-8-10-12-14-16-18-20-22-24-26-28-30-32-34-36-38-40-42-44-46-48-50-58(62)67-55(53-65-52-51-56(59(63)64)60(3,4)5)54-66-57(61)49-47-45-43-41-39-37-35-33-31-29-27-25-23-21-19-17-15-13-11-9-7-2/h15,17,21,23,27,29,33,35,55-56H,6-14,16,18-20,22,24-26,28,30-32,34,36-54H2,1-5H3/p+1/b17-15+,23-21+,29-27+,35-33+. The van der Waals surface area contributed by atoms with Crippen molar-refractivity contribution in [3.05, 3.63) is 48.6 Å². The predicted octanol–water partition coefficient (Wildman–Crippen LogP) is 16.7. The molecule has 0 rings (SSSR count). The molecule has 0 spiro atoms. The highest BCUT2D eigenvalue weighted by Crippen LogP contribution is 2.17. The highest BCUT2D eigenvalue weighted by molar-refractivity contribution is 5.72. The maximum Gasteiger partial charge on any atom is 0.362 e. The summed E-state index contributed by atoms with van der Waals surface area (Å²) in [6.07, 6.45) is 61.7. The minimum atomic E-state index is -0.875. The van der Waals surface area contributed by atoms with Gasteiger partial charge in [0.05, 0.1) is 34.4 Å². The van der Waals surface area contributed by atoms with Gasteiger partial charge in [-0.3, -0.25) is 9.59 Å². The van der Waals surface area contributed by atoms with Gasteiger partial charge in [-0.15, -0.1) is 0 Å². The van der Waals surface area contributed by atoms with E-state index in [-0.39, 0.29) is 36.2 Å². The molecule has 0 saturated carbocycles. The number of carboxylic acids is 1. The summed E-state index contributed by atoms with van der Waals surface area (Å²) in [5.74, 6) is -1.48. The first kappa shape index (κ1) is 64.3. The lowest BCUT2D eigenvalue weighted by atomic mass is 10.0. The number of rotatable bonds is 51. The lowest BCUT2D eigenvalue weighted by Gasteiger charge is -2.31. The number of aliphatic carboxylic acids is 1. The zero-order chi connectivity index (χ0) is 49.2. The molecule has 0 aromatic carbocycles. The molecule has 0 aliphatic carbocycles. The Morgan fingerprint density at radius 3 is 1.19 bits per heavy atom. The van der Waals surface area contributed by atoms with Crippen molar-refractivity contribution in [3.8, 4) is 0 Å². The molecule has 67 heavy (non-hydrogen) atoms. The first-order valence-electron chi connectivity index (χ1n) is 28.2. The van der Waals surface area contributed by atoms with Gasteiger partial charge < -0.3 is 23.8 Å². The van der Waals surface area contributed by atoms with E-state index in [4.69, 9.17) is 14.2 Å². The number of carbonyl (C=O) groups excluding carboxylic acids is 2. The molecule has 0 aromatic heterocycles. The number of unbranched alkanes of at least 4 members (excludes halogenated alkanes) is 29. The van der Waals surface area contributed by atoms with Crippen LogP contribution in [-0.2, 0) is 28.6 Å². The van der Waals surface area contributed by atoms with E-state index in [0.717, 1.165) is 77.0 Å². The molecule has 0 aliphatic heterocycles. The topological polar surface area (TPSA) is 99.1 Å². The molecule has 8 heteroatoms. The number of likely N-dealkylation sites (N-methyl/N-ethyl adjacent to an activating group) is 1. The molecule has 0 amide bonds. The van der Waals surface area contributed by atoms with Crippen LogP contribution in [0.1, 0.15) is 258 Å². The molecule has 1 N–H and O–H groups in total. The van der Waals surface area contributed by atoms with Crippen molar-refractivity contribution in [2.45, 2.75) is 270 Å². The van der Waals surface area contributed by atoms with E-state index < -0.39 is 18.1 Å².